The predicted octanol–water partition coefficient (Wildman–Crippen LogP) is -0.852. The third-order valence-corrected chi connectivity index (χ3v) is 2.01. The molecule has 17 heavy (non-hydrogen) atoms. The van der Waals surface area contributed by atoms with Gasteiger partial charge in [0.15, 0.2) is 5.82 Å². The molecule has 0 aliphatic rings. The molecule has 86 valence electrons. The molecule has 0 aromatic carbocycles. The van der Waals surface area contributed by atoms with Crippen molar-refractivity contribution in [2.24, 2.45) is 0 Å². The molecule has 1 N–H and O–H groups in total. The van der Waals surface area contributed by atoms with E-state index in [0.29, 0.717) is 5.82 Å². The lowest BCUT2D eigenvalue weighted by Crippen LogP contribution is -2.31. The maximum atomic E-state index is 11.4. The van der Waals surface area contributed by atoms with E-state index in [1.807, 2.05) is 4.98 Å². The number of nitrogens with zero attached hydrogens (tertiary/aromatic N) is 4. The summed E-state index contributed by atoms with van der Waals surface area (Å²) in [6.45, 7) is 1.65. The molecule has 0 unspecified atom stereocenters. The van der Waals surface area contributed by atoms with Crippen molar-refractivity contribution in [2.75, 3.05) is 0 Å². The first kappa shape index (κ1) is 10.8. The van der Waals surface area contributed by atoms with E-state index in [1.54, 1.807) is 13.0 Å². The summed E-state index contributed by atoms with van der Waals surface area (Å²) in [6.07, 6.45) is 1.15. The summed E-state index contributed by atoms with van der Waals surface area (Å²) in [5, 5.41) is 12.2. The van der Waals surface area contributed by atoms with E-state index in [2.05, 4.69) is 10.1 Å². The van der Waals surface area contributed by atoms with Crippen LogP contribution in [0.5, 0.6) is 0 Å². The lowest BCUT2D eigenvalue weighted by molar-refractivity contribution is 0.365. The quantitative estimate of drug-likeness (QED) is 0.721. The van der Waals surface area contributed by atoms with E-state index in [-0.39, 0.29) is 18.0 Å². The van der Waals surface area contributed by atoms with Gasteiger partial charge in [-0.15, -0.1) is 0 Å². The lowest BCUT2D eigenvalue weighted by atomic mass is 10.4. The van der Waals surface area contributed by atoms with E-state index in [4.69, 9.17) is 9.78 Å². The number of hydrogen-bond acceptors (Lipinski definition) is 6. The molecule has 0 spiro atoms. The number of nitriles is 1. The fourth-order valence-electron chi connectivity index (χ4n) is 1.26. The average molecular weight is 233 g/mol. The predicted molar refractivity (Wildman–Crippen MR) is 54.2 cm³/mol. The van der Waals surface area contributed by atoms with Crippen molar-refractivity contribution in [3.05, 3.63) is 44.3 Å². The van der Waals surface area contributed by atoms with Gasteiger partial charge < -0.3 is 4.52 Å². The van der Waals surface area contributed by atoms with Gasteiger partial charge in [0.2, 0.25) is 5.89 Å². The Morgan fingerprint density at radius 2 is 2.35 bits per heavy atom. The summed E-state index contributed by atoms with van der Waals surface area (Å²) in [7, 11) is 0. The molecule has 0 amide bonds. The molecule has 2 aromatic rings. The van der Waals surface area contributed by atoms with Gasteiger partial charge >= 0.3 is 5.69 Å². The maximum Gasteiger partial charge on any atom is 0.328 e. The van der Waals surface area contributed by atoms with Crippen molar-refractivity contribution in [1.82, 2.24) is 19.7 Å². The van der Waals surface area contributed by atoms with Crippen LogP contribution in [0.1, 0.15) is 17.3 Å². The molecule has 8 heteroatoms. The molecule has 8 nitrogen and oxygen atoms in total. The van der Waals surface area contributed by atoms with Gasteiger partial charge in [0, 0.05) is 6.20 Å². The lowest BCUT2D eigenvalue weighted by Gasteiger charge is -2.00. The Kier molecular flexibility index (Phi) is 2.58. The highest BCUT2D eigenvalue weighted by molar-refractivity contribution is 5.21. The number of rotatable bonds is 2. The Hall–Kier alpha value is -2.69. The van der Waals surface area contributed by atoms with Gasteiger partial charge in [-0.25, -0.2) is 4.79 Å². The van der Waals surface area contributed by atoms with Gasteiger partial charge in [0.25, 0.3) is 5.56 Å². The molecular formula is C9H7N5O3. The molecule has 0 radical (unpaired) electrons. The van der Waals surface area contributed by atoms with E-state index >= 15 is 0 Å². The number of aromatic amines is 1. The molecule has 0 aliphatic heterocycles. The van der Waals surface area contributed by atoms with Crippen molar-refractivity contribution >= 4 is 0 Å². The van der Waals surface area contributed by atoms with E-state index in [0.717, 1.165) is 10.8 Å². The minimum atomic E-state index is -0.713. The Morgan fingerprint density at radius 3 is 2.94 bits per heavy atom. The van der Waals surface area contributed by atoms with Crippen LogP contribution >= 0.6 is 0 Å². The van der Waals surface area contributed by atoms with Gasteiger partial charge in [-0.3, -0.25) is 14.3 Å². The van der Waals surface area contributed by atoms with E-state index in [1.165, 1.54) is 0 Å². The molecule has 0 saturated heterocycles. The largest absolute Gasteiger partial charge is 0.337 e. The monoisotopic (exact) mass is 233 g/mol. The van der Waals surface area contributed by atoms with Gasteiger partial charge in [-0.05, 0) is 6.92 Å². The Bertz CT molecular complexity index is 702. The van der Waals surface area contributed by atoms with E-state index in [9.17, 15) is 9.59 Å². The van der Waals surface area contributed by atoms with Crippen LogP contribution in [0.4, 0.5) is 0 Å². The first-order valence-corrected chi connectivity index (χ1v) is 4.63. The first-order valence-electron chi connectivity index (χ1n) is 4.63. The summed E-state index contributed by atoms with van der Waals surface area (Å²) in [5.74, 6) is 0.665. The average Bonchev–Trinajstić information content (AvgIpc) is 2.68. The van der Waals surface area contributed by atoms with Crippen LogP contribution in [0.25, 0.3) is 0 Å². The zero-order valence-electron chi connectivity index (χ0n) is 8.80. The van der Waals surface area contributed by atoms with Crippen LogP contribution < -0.4 is 11.2 Å². The summed E-state index contributed by atoms with van der Waals surface area (Å²) in [4.78, 5) is 28.5. The SMILES string of the molecule is Cc1noc(Cn2cc(C#N)c(=O)[nH]c2=O)n1. The van der Waals surface area contributed by atoms with Crippen LogP contribution in [-0.2, 0) is 6.54 Å². The molecular weight excluding hydrogens is 226 g/mol. The normalized spacial score (nSPS) is 10.1. The first-order chi connectivity index (χ1) is 8.10. The minimum Gasteiger partial charge on any atom is -0.337 e. The van der Waals surface area contributed by atoms with Gasteiger partial charge in [-0.1, -0.05) is 5.16 Å². The molecule has 0 saturated carbocycles. The molecule has 0 aliphatic carbocycles. The highest BCUT2D eigenvalue weighted by atomic mass is 16.5. The number of aromatic nitrogens is 4. The zero-order chi connectivity index (χ0) is 12.4. The summed E-state index contributed by atoms with van der Waals surface area (Å²) >= 11 is 0. The number of hydrogen-bond donors (Lipinski definition) is 1. The third-order valence-electron chi connectivity index (χ3n) is 2.01. The molecule has 2 aromatic heterocycles. The van der Waals surface area contributed by atoms with Crippen LogP contribution in [0.2, 0.25) is 0 Å². The highest BCUT2D eigenvalue weighted by Crippen LogP contribution is 1.97. The second-order valence-electron chi connectivity index (χ2n) is 3.28. The van der Waals surface area contributed by atoms with Crippen LogP contribution in [0.3, 0.4) is 0 Å². The second kappa shape index (κ2) is 4.05. The van der Waals surface area contributed by atoms with Crippen molar-refractivity contribution in [2.45, 2.75) is 13.5 Å². The van der Waals surface area contributed by atoms with Crippen LogP contribution in [-0.4, -0.2) is 19.7 Å². The van der Waals surface area contributed by atoms with E-state index < -0.39 is 11.2 Å². The van der Waals surface area contributed by atoms with Gasteiger partial charge in [0.1, 0.15) is 18.2 Å². The van der Waals surface area contributed by atoms with Crippen molar-refractivity contribution in [3.63, 3.8) is 0 Å². The summed E-state index contributed by atoms with van der Waals surface area (Å²) in [6, 6.07) is 1.68. The third kappa shape index (κ3) is 2.12. The molecule has 0 atom stereocenters. The molecule has 2 heterocycles. The Balaban J connectivity index is 2.43. The fourth-order valence-corrected chi connectivity index (χ4v) is 1.26. The molecule has 2 rings (SSSR count). The standard InChI is InChI=1S/C9H7N5O3/c1-5-11-7(17-13-5)4-14-3-6(2-10)8(15)12-9(14)16/h3H,4H2,1H3,(H,12,15,16). The Labute approximate surface area is 94.1 Å². The fraction of sp³-hybridized carbons (Fsp3) is 0.222. The van der Waals surface area contributed by atoms with Crippen molar-refractivity contribution in [1.29, 1.82) is 5.26 Å². The topological polar surface area (TPSA) is 118 Å². The Morgan fingerprint density at radius 1 is 1.59 bits per heavy atom. The summed E-state index contributed by atoms with van der Waals surface area (Å²) < 4.78 is 5.95. The second-order valence-corrected chi connectivity index (χ2v) is 3.28. The smallest absolute Gasteiger partial charge is 0.328 e. The van der Waals surface area contributed by atoms with Gasteiger partial charge in [0.05, 0.1) is 0 Å². The number of nitrogens with one attached hydrogen (secondary N) is 1. The van der Waals surface area contributed by atoms with Crippen LogP contribution in [0, 0.1) is 18.3 Å². The van der Waals surface area contributed by atoms with Gasteiger partial charge in [-0.2, -0.15) is 10.2 Å². The highest BCUT2D eigenvalue weighted by Gasteiger charge is 2.08. The minimum absolute atomic E-state index is 0.00509. The van der Waals surface area contributed by atoms with Crippen molar-refractivity contribution in [3.8, 4) is 6.07 Å². The number of H-pyrrole nitrogens is 1. The zero-order valence-corrected chi connectivity index (χ0v) is 8.80. The maximum absolute atomic E-state index is 11.4. The molecule has 0 bridgehead atoms. The number of aryl methyl sites for hydroxylation is 1. The van der Waals surface area contributed by atoms with Crippen molar-refractivity contribution < 1.29 is 4.52 Å². The van der Waals surface area contributed by atoms with Crippen LogP contribution in [0.15, 0.2) is 20.3 Å². The summed E-state index contributed by atoms with van der Waals surface area (Å²) in [5.41, 5.74) is -1.50. The molecule has 0 fully saturated rings.